The maximum atomic E-state index is 6.14. The predicted molar refractivity (Wildman–Crippen MR) is 95.0 cm³/mol. The van der Waals surface area contributed by atoms with Gasteiger partial charge in [-0.1, -0.05) is 24.9 Å². The number of halogens is 1. The highest BCUT2D eigenvalue weighted by atomic mass is 35.5. The van der Waals surface area contributed by atoms with Crippen LogP contribution in [0.2, 0.25) is 4.34 Å². The molecule has 114 valence electrons. The lowest BCUT2D eigenvalue weighted by atomic mass is 10.1. The zero-order valence-electron chi connectivity index (χ0n) is 12.5. The molecule has 0 saturated carbocycles. The number of rotatable bonds is 5. The molecule has 1 aliphatic rings. The van der Waals surface area contributed by atoms with Crippen molar-refractivity contribution >= 4 is 34.3 Å². The highest BCUT2D eigenvalue weighted by Crippen LogP contribution is 2.37. The molecule has 0 bridgehead atoms. The Morgan fingerprint density at radius 3 is 2.76 bits per heavy atom. The van der Waals surface area contributed by atoms with Crippen LogP contribution >= 0.6 is 34.3 Å². The van der Waals surface area contributed by atoms with Crippen molar-refractivity contribution in [1.82, 2.24) is 5.32 Å². The van der Waals surface area contributed by atoms with E-state index in [0.717, 1.165) is 17.3 Å². The lowest BCUT2D eigenvalue weighted by Crippen LogP contribution is -2.21. The summed E-state index contributed by atoms with van der Waals surface area (Å²) < 4.78 is 0.881. The van der Waals surface area contributed by atoms with E-state index in [9.17, 15) is 0 Å². The molecule has 0 saturated heterocycles. The summed E-state index contributed by atoms with van der Waals surface area (Å²) in [6, 6.07) is 6.96. The minimum Gasteiger partial charge on any atom is -0.305 e. The number of fused-ring (bicyclic) bond motifs is 1. The first kappa shape index (κ1) is 15.5. The van der Waals surface area contributed by atoms with E-state index in [4.69, 9.17) is 11.6 Å². The van der Waals surface area contributed by atoms with Crippen molar-refractivity contribution in [2.75, 3.05) is 6.54 Å². The standard InChI is InChI=1S/C17H22ClNS2/c1-2-10-19-17(14-8-9-16(18)21-14)15-11-12-6-4-3-5-7-13(12)20-15/h8-9,11,17,19H,2-7,10H2,1H3. The van der Waals surface area contributed by atoms with Gasteiger partial charge in [0.05, 0.1) is 10.4 Å². The molecule has 1 nitrogen and oxygen atoms in total. The lowest BCUT2D eigenvalue weighted by Gasteiger charge is -2.15. The van der Waals surface area contributed by atoms with Crippen LogP contribution in [0.1, 0.15) is 58.8 Å². The minimum atomic E-state index is 0.319. The predicted octanol–water partition coefficient (Wildman–Crippen LogP) is 5.82. The van der Waals surface area contributed by atoms with Crippen LogP contribution in [0, 0.1) is 0 Å². The molecule has 1 N–H and O–H groups in total. The summed E-state index contributed by atoms with van der Waals surface area (Å²) in [5, 5.41) is 3.70. The summed E-state index contributed by atoms with van der Waals surface area (Å²) in [6.07, 6.45) is 7.77. The fourth-order valence-electron chi connectivity index (χ4n) is 2.95. The Morgan fingerprint density at radius 2 is 2.00 bits per heavy atom. The van der Waals surface area contributed by atoms with E-state index >= 15 is 0 Å². The Bertz CT molecular complexity index is 564. The summed E-state index contributed by atoms with van der Waals surface area (Å²) in [5.74, 6) is 0. The SMILES string of the molecule is CCCNC(c1ccc(Cl)s1)c1cc2c(s1)CCCCC2. The lowest BCUT2D eigenvalue weighted by molar-refractivity contribution is 0.612. The molecule has 21 heavy (non-hydrogen) atoms. The van der Waals surface area contributed by atoms with Gasteiger partial charge in [-0.25, -0.2) is 0 Å². The maximum Gasteiger partial charge on any atom is 0.0931 e. The van der Waals surface area contributed by atoms with Gasteiger partial charge in [0.25, 0.3) is 0 Å². The molecule has 2 aromatic heterocycles. The maximum absolute atomic E-state index is 6.14. The summed E-state index contributed by atoms with van der Waals surface area (Å²) in [7, 11) is 0. The fraction of sp³-hybridized carbons (Fsp3) is 0.529. The van der Waals surface area contributed by atoms with E-state index in [1.54, 1.807) is 21.8 Å². The van der Waals surface area contributed by atoms with Gasteiger partial charge < -0.3 is 5.32 Å². The second-order valence-electron chi connectivity index (χ2n) is 5.69. The van der Waals surface area contributed by atoms with Crippen molar-refractivity contribution in [3.8, 4) is 0 Å². The molecule has 3 rings (SSSR count). The molecule has 0 spiro atoms. The van der Waals surface area contributed by atoms with Gasteiger partial charge in [-0.3, -0.25) is 0 Å². The number of aryl methyl sites for hydroxylation is 2. The van der Waals surface area contributed by atoms with Gasteiger partial charge in [-0.15, -0.1) is 22.7 Å². The van der Waals surface area contributed by atoms with E-state index in [1.807, 2.05) is 17.4 Å². The molecule has 2 heterocycles. The summed E-state index contributed by atoms with van der Waals surface area (Å²) in [5.41, 5.74) is 1.60. The largest absolute Gasteiger partial charge is 0.305 e. The van der Waals surface area contributed by atoms with Crippen LogP contribution in [0.3, 0.4) is 0 Å². The van der Waals surface area contributed by atoms with E-state index in [1.165, 1.54) is 41.9 Å². The molecule has 1 aliphatic carbocycles. The molecule has 1 unspecified atom stereocenters. The van der Waals surface area contributed by atoms with Crippen molar-refractivity contribution in [3.63, 3.8) is 0 Å². The Hall–Kier alpha value is -0.350. The molecule has 0 amide bonds. The molecular weight excluding hydrogens is 318 g/mol. The fourth-order valence-corrected chi connectivity index (χ4v) is 5.53. The van der Waals surface area contributed by atoms with Crippen LogP contribution in [0.4, 0.5) is 0 Å². The molecule has 0 aromatic carbocycles. The van der Waals surface area contributed by atoms with Gasteiger partial charge in [0.1, 0.15) is 0 Å². The van der Waals surface area contributed by atoms with Crippen LogP contribution in [0.25, 0.3) is 0 Å². The Labute approximate surface area is 140 Å². The van der Waals surface area contributed by atoms with Gasteiger partial charge in [0.15, 0.2) is 0 Å². The number of thiophene rings is 2. The Balaban J connectivity index is 1.89. The van der Waals surface area contributed by atoms with Crippen LogP contribution < -0.4 is 5.32 Å². The van der Waals surface area contributed by atoms with Gasteiger partial charge in [0.2, 0.25) is 0 Å². The van der Waals surface area contributed by atoms with Gasteiger partial charge >= 0.3 is 0 Å². The highest BCUT2D eigenvalue weighted by molar-refractivity contribution is 7.16. The van der Waals surface area contributed by atoms with Crippen LogP contribution in [0.15, 0.2) is 18.2 Å². The molecule has 2 aromatic rings. The third-order valence-corrected chi connectivity index (χ3v) is 6.63. The molecule has 0 aliphatic heterocycles. The first-order valence-electron chi connectivity index (χ1n) is 7.88. The van der Waals surface area contributed by atoms with E-state index in [0.29, 0.717) is 6.04 Å². The molecule has 1 atom stereocenters. The average molecular weight is 340 g/mol. The first-order chi connectivity index (χ1) is 10.3. The monoisotopic (exact) mass is 339 g/mol. The normalized spacial score (nSPS) is 16.5. The van der Waals surface area contributed by atoms with Crippen molar-refractivity contribution in [2.24, 2.45) is 0 Å². The first-order valence-corrected chi connectivity index (χ1v) is 9.89. The topological polar surface area (TPSA) is 12.0 Å². The van der Waals surface area contributed by atoms with E-state index in [-0.39, 0.29) is 0 Å². The van der Waals surface area contributed by atoms with E-state index in [2.05, 4.69) is 24.4 Å². The van der Waals surface area contributed by atoms with Crippen molar-refractivity contribution in [3.05, 3.63) is 42.7 Å². The van der Waals surface area contributed by atoms with Crippen molar-refractivity contribution in [1.29, 1.82) is 0 Å². The number of hydrogen-bond acceptors (Lipinski definition) is 3. The summed E-state index contributed by atoms with van der Waals surface area (Å²) in [6.45, 7) is 3.26. The van der Waals surface area contributed by atoms with Gasteiger partial charge in [-0.05, 0) is 62.4 Å². The van der Waals surface area contributed by atoms with Crippen LogP contribution in [-0.4, -0.2) is 6.54 Å². The highest BCUT2D eigenvalue weighted by Gasteiger charge is 2.21. The van der Waals surface area contributed by atoms with Gasteiger partial charge in [0, 0.05) is 14.6 Å². The third-order valence-electron chi connectivity index (χ3n) is 4.03. The Kier molecular flexibility index (Phi) is 5.38. The zero-order chi connectivity index (χ0) is 14.7. The van der Waals surface area contributed by atoms with Gasteiger partial charge in [-0.2, -0.15) is 0 Å². The average Bonchev–Trinajstić information content (AvgIpc) is 3.01. The second kappa shape index (κ2) is 7.28. The third kappa shape index (κ3) is 3.70. The Morgan fingerprint density at radius 1 is 1.14 bits per heavy atom. The molecule has 0 radical (unpaired) electrons. The van der Waals surface area contributed by atoms with Crippen molar-refractivity contribution in [2.45, 2.75) is 51.5 Å². The second-order valence-corrected chi connectivity index (χ2v) is 8.60. The summed E-state index contributed by atoms with van der Waals surface area (Å²) >= 11 is 9.86. The quantitative estimate of drug-likeness (QED) is 0.676. The van der Waals surface area contributed by atoms with Crippen LogP contribution in [-0.2, 0) is 12.8 Å². The zero-order valence-corrected chi connectivity index (χ0v) is 14.8. The molecule has 0 fully saturated rings. The number of nitrogens with one attached hydrogen (secondary N) is 1. The summed E-state index contributed by atoms with van der Waals surface area (Å²) in [4.78, 5) is 4.42. The van der Waals surface area contributed by atoms with Crippen molar-refractivity contribution < 1.29 is 0 Å². The smallest absolute Gasteiger partial charge is 0.0931 e. The van der Waals surface area contributed by atoms with Crippen LogP contribution in [0.5, 0.6) is 0 Å². The minimum absolute atomic E-state index is 0.319. The molecule has 4 heteroatoms. The van der Waals surface area contributed by atoms with E-state index < -0.39 is 0 Å². The molecular formula is C17H22ClNS2. The number of hydrogen-bond donors (Lipinski definition) is 1.